The molecule has 1 aliphatic carbocycles. The van der Waals surface area contributed by atoms with Crippen molar-refractivity contribution in [2.24, 2.45) is 0 Å². The van der Waals surface area contributed by atoms with Crippen molar-refractivity contribution in [3.05, 3.63) is 82.0 Å². The Hall–Kier alpha value is -3.65. The molecule has 2 aromatic carbocycles. The molecule has 1 aliphatic rings. The minimum atomic E-state index is -1.10. The summed E-state index contributed by atoms with van der Waals surface area (Å²) in [5.74, 6) is -1.78. The highest BCUT2D eigenvalue weighted by atomic mass is 32.1. The van der Waals surface area contributed by atoms with E-state index in [9.17, 15) is 19.5 Å². The number of carbonyl (C=O) groups excluding carboxylic acids is 2. The zero-order valence-electron chi connectivity index (χ0n) is 19.4. The second-order valence-electron chi connectivity index (χ2n) is 8.46. The van der Waals surface area contributed by atoms with Crippen LogP contribution >= 0.6 is 11.3 Å². The number of carboxylic acids is 1. The number of ether oxygens (including phenoxy) is 1. The van der Waals surface area contributed by atoms with Crippen LogP contribution in [-0.2, 0) is 14.3 Å². The van der Waals surface area contributed by atoms with Gasteiger partial charge in [0.1, 0.15) is 18.7 Å². The third-order valence-corrected chi connectivity index (χ3v) is 7.09. The number of nitrogens with one attached hydrogen (secondary N) is 2. The number of carbonyl (C=O) groups is 3. The van der Waals surface area contributed by atoms with E-state index in [1.807, 2.05) is 43.3 Å². The smallest absolute Gasteiger partial charge is 0.408 e. The van der Waals surface area contributed by atoms with Crippen molar-refractivity contribution in [2.75, 3.05) is 6.61 Å². The Kier molecular flexibility index (Phi) is 7.82. The normalized spacial score (nSPS) is 13.9. The molecule has 0 aliphatic heterocycles. The summed E-state index contributed by atoms with van der Waals surface area (Å²) in [5.41, 5.74) is 4.43. The monoisotopic (exact) mass is 492 g/mol. The van der Waals surface area contributed by atoms with Crippen LogP contribution in [0.5, 0.6) is 0 Å². The Morgan fingerprint density at radius 2 is 1.63 bits per heavy atom. The molecule has 7 nitrogen and oxygen atoms in total. The van der Waals surface area contributed by atoms with Crippen molar-refractivity contribution in [3.63, 3.8) is 0 Å². The molecule has 182 valence electrons. The summed E-state index contributed by atoms with van der Waals surface area (Å²) in [6.07, 6.45) is 1.06. The molecule has 3 N–H and O–H groups in total. The van der Waals surface area contributed by atoms with Crippen LogP contribution in [0, 0.1) is 0 Å². The largest absolute Gasteiger partial charge is 0.480 e. The topological polar surface area (TPSA) is 105 Å². The lowest BCUT2D eigenvalue weighted by Gasteiger charge is -2.21. The molecule has 0 saturated heterocycles. The summed E-state index contributed by atoms with van der Waals surface area (Å²) < 4.78 is 5.59. The standard InChI is InChI=1S/C27H28N2O5S/c1-2-3-13-22(26(31)32)28-25(30)24(23-14-8-15-35-23)29-27(33)34-16-21-19-11-6-4-9-17(19)18-10-5-7-12-20(18)21/h4-12,14-15,21-22,24H,2-3,13,16H2,1H3,(H,28,30)(H,29,33)(H,31,32)/t22-,24?/m0/s1. The van der Waals surface area contributed by atoms with E-state index >= 15 is 0 Å². The lowest BCUT2D eigenvalue weighted by molar-refractivity contribution is -0.142. The van der Waals surface area contributed by atoms with E-state index in [0.29, 0.717) is 17.7 Å². The van der Waals surface area contributed by atoms with Crippen LogP contribution in [0.3, 0.4) is 0 Å². The van der Waals surface area contributed by atoms with Gasteiger partial charge in [-0.3, -0.25) is 4.79 Å². The quantitative estimate of drug-likeness (QED) is 0.366. The van der Waals surface area contributed by atoms with Crippen LogP contribution in [0.1, 0.15) is 54.1 Å². The Bertz CT molecular complexity index is 1150. The van der Waals surface area contributed by atoms with Crippen LogP contribution in [0.4, 0.5) is 4.79 Å². The number of alkyl carbamates (subject to hydrolysis) is 1. The van der Waals surface area contributed by atoms with E-state index in [4.69, 9.17) is 4.74 Å². The van der Waals surface area contributed by atoms with E-state index in [2.05, 4.69) is 22.8 Å². The predicted octanol–water partition coefficient (Wildman–Crippen LogP) is 5.09. The molecule has 0 bridgehead atoms. The van der Waals surface area contributed by atoms with Crippen molar-refractivity contribution in [1.29, 1.82) is 0 Å². The van der Waals surface area contributed by atoms with Gasteiger partial charge in [0, 0.05) is 10.8 Å². The molecular weight excluding hydrogens is 464 g/mol. The van der Waals surface area contributed by atoms with Crippen LogP contribution in [0.15, 0.2) is 66.0 Å². The van der Waals surface area contributed by atoms with Crippen molar-refractivity contribution in [3.8, 4) is 11.1 Å². The highest BCUT2D eigenvalue weighted by Crippen LogP contribution is 2.44. The van der Waals surface area contributed by atoms with Crippen LogP contribution in [-0.4, -0.2) is 35.7 Å². The van der Waals surface area contributed by atoms with E-state index in [1.165, 1.54) is 11.3 Å². The molecule has 1 heterocycles. The highest BCUT2D eigenvalue weighted by Gasteiger charge is 2.31. The summed E-state index contributed by atoms with van der Waals surface area (Å²) in [6.45, 7) is 2.07. The fraction of sp³-hybridized carbons (Fsp3) is 0.296. The maximum atomic E-state index is 13.0. The van der Waals surface area contributed by atoms with E-state index in [1.54, 1.807) is 17.5 Å². The second kappa shape index (κ2) is 11.2. The fourth-order valence-electron chi connectivity index (χ4n) is 4.40. The number of rotatable bonds is 10. The van der Waals surface area contributed by atoms with Gasteiger partial charge < -0.3 is 20.5 Å². The first-order valence-corrected chi connectivity index (χ1v) is 12.6. The van der Waals surface area contributed by atoms with E-state index < -0.39 is 30.1 Å². The SMILES string of the molecule is CCCC[C@H](NC(=O)C(NC(=O)OCC1c2ccccc2-c2ccccc21)c1cccs1)C(=O)O. The number of aliphatic carboxylic acids is 1. The molecule has 2 amide bonds. The van der Waals surface area contributed by atoms with Crippen LogP contribution in [0.25, 0.3) is 11.1 Å². The number of benzene rings is 2. The van der Waals surface area contributed by atoms with E-state index in [0.717, 1.165) is 28.7 Å². The molecule has 0 fully saturated rings. The Morgan fingerprint density at radius 1 is 0.971 bits per heavy atom. The summed E-state index contributed by atoms with van der Waals surface area (Å²) in [6, 6.07) is 17.5. The molecule has 3 aromatic rings. The molecular formula is C27H28N2O5S. The summed E-state index contributed by atoms with van der Waals surface area (Å²) >= 11 is 1.30. The Balaban J connectivity index is 1.45. The number of thiophene rings is 1. The Labute approximate surface area is 208 Å². The van der Waals surface area contributed by atoms with Gasteiger partial charge in [-0.1, -0.05) is 74.4 Å². The average Bonchev–Trinajstić information content (AvgIpc) is 3.50. The predicted molar refractivity (Wildman–Crippen MR) is 134 cm³/mol. The van der Waals surface area contributed by atoms with Gasteiger partial charge in [0.2, 0.25) is 5.91 Å². The first kappa shape index (κ1) is 24.5. The molecule has 8 heteroatoms. The van der Waals surface area contributed by atoms with Crippen molar-refractivity contribution < 1.29 is 24.2 Å². The molecule has 4 rings (SSSR count). The zero-order chi connectivity index (χ0) is 24.8. The third-order valence-electron chi connectivity index (χ3n) is 6.16. The molecule has 2 atom stereocenters. The number of hydrogen-bond acceptors (Lipinski definition) is 5. The molecule has 1 unspecified atom stereocenters. The molecule has 1 aromatic heterocycles. The number of unbranched alkanes of at least 4 members (excludes halogenated alkanes) is 1. The number of amides is 2. The number of fused-ring (bicyclic) bond motifs is 3. The second-order valence-corrected chi connectivity index (χ2v) is 9.44. The Morgan fingerprint density at radius 3 is 2.20 bits per heavy atom. The van der Waals surface area contributed by atoms with Gasteiger partial charge in [0.15, 0.2) is 0 Å². The summed E-state index contributed by atoms with van der Waals surface area (Å²) in [7, 11) is 0. The van der Waals surface area contributed by atoms with E-state index in [-0.39, 0.29) is 12.5 Å². The number of hydrogen-bond donors (Lipinski definition) is 3. The van der Waals surface area contributed by atoms with Gasteiger partial charge in [0.05, 0.1) is 0 Å². The van der Waals surface area contributed by atoms with Gasteiger partial charge in [0.25, 0.3) is 0 Å². The van der Waals surface area contributed by atoms with Crippen LogP contribution in [0.2, 0.25) is 0 Å². The lowest BCUT2D eigenvalue weighted by atomic mass is 9.98. The van der Waals surface area contributed by atoms with Gasteiger partial charge in [-0.2, -0.15) is 0 Å². The zero-order valence-corrected chi connectivity index (χ0v) is 20.2. The highest BCUT2D eigenvalue weighted by molar-refractivity contribution is 7.10. The average molecular weight is 493 g/mol. The molecule has 0 spiro atoms. The maximum absolute atomic E-state index is 13.0. The fourth-order valence-corrected chi connectivity index (χ4v) is 5.17. The molecule has 0 saturated carbocycles. The summed E-state index contributed by atoms with van der Waals surface area (Å²) in [4.78, 5) is 38.0. The third kappa shape index (κ3) is 5.54. The van der Waals surface area contributed by atoms with Crippen LogP contribution < -0.4 is 10.6 Å². The maximum Gasteiger partial charge on any atom is 0.408 e. The van der Waals surface area contributed by atoms with Crippen molar-refractivity contribution in [1.82, 2.24) is 10.6 Å². The minimum absolute atomic E-state index is 0.104. The van der Waals surface area contributed by atoms with Gasteiger partial charge in [-0.25, -0.2) is 9.59 Å². The van der Waals surface area contributed by atoms with Crippen molar-refractivity contribution in [2.45, 2.75) is 44.2 Å². The van der Waals surface area contributed by atoms with Gasteiger partial charge in [-0.15, -0.1) is 11.3 Å². The first-order valence-electron chi connectivity index (χ1n) is 11.7. The first-order chi connectivity index (χ1) is 17.0. The summed E-state index contributed by atoms with van der Waals surface area (Å²) in [5, 5.41) is 16.5. The lowest BCUT2D eigenvalue weighted by Crippen LogP contribution is -2.47. The van der Waals surface area contributed by atoms with Gasteiger partial charge >= 0.3 is 12.1 Å². The number of carboxylic acid groups (broad SMARTS) is 1. The molecule has 35 heavy (non-hydrogen) atoms. The van der Waals surface area contributed by atoms with Gasteiger partial charge in [-0.05, 0) is 40.1 Å². The van der Waals surface area contributed by atoms with Crippen molar-refractivity contribution >= 4 is 29.3 Å². The minimum Gasteiger partial charge on any atom is -0.480 e. The molecule has 0 radical (unpaired) electrons.